The Morgan fingerprint density at radius 1 is 1.38 bits per heavy atom. The fourth-order valence-corrected chi connectivity index (χ4v) is 2.26. The third-order valence-corrected chi connectivity index (χ3v) is 3.34. The highest BCUT2D eigenvalue weighted by Crippen LogP contribution is 2.20. The summed E-state index contributed by atoms with van der Waals surface area (Å²) in [7, 11) is 0. The summed E-state index contributed by atoms with van der Waals surface area (Å²) in [5, 5.41) is 19.6. The fourth-order valence-electron chi connectivity index (χ4n) is 1.47. The Bertz CT molecular complexity index is 358. The van der Waals surface area contributed by atoms with Crippen LogP contribution < -0.4 is 0 Å². The second-order valence-corrected chi connectivity index (χ2v) is 4.83. The molecule has 4 nitrogen and oxygen atoms in total. The maximum atomic E-state index is 11.0. The van der Waals surface area contributed by atoms with Gasteiger partial charge in [0.2, 0.25) is 0 Å². The molecule has 0 spiro atoms. The number of aliphatic carboxylic acids is 2. The number of carboxylic acid groups (broad SMARTS) is 2. The lowest BCUT2D eigenvalue weighted by molar-refractivity contribution is -0.145. The molecule has 0 radical (unpaired) electrons. The largest absolute Gasteiger partial charge is 0.481 e. The van der Waals surface area contributed by atoms with Crippen LogP contribution in [0.5, 0.6) is 0 Å². The quantitative estimate of drug-likeness (QED) is 0.801. The first kappa shape index (κ1) is 12.7. The molecule has 1 heterocycles. The monoisotopic (exact) mass is 242 g/mol. The number of rotatable bonds is 6. The molecule has 16 heavy (non-hydrogen) atoms. The van der Waals surface area contributed by atoms with E-state index in [1.807, 2.05) is 17.5 Å². The molecule has 1 aromatic heterocycles. The highest BCUT2D eigenvalue weighted by molar-refractivity contribution is 7.09. The van der Waals surface area contributed by atoms with E-state index in [-0.39, 0.29) is 6.42 Å². The van der Waals surface area contributed by atoms with Crippen LogP contribution in [0.2, 0.25) is 0 Å². The van der Waals surface area contributed by atoms with Crippen molar-refractivity contribution in [1.82, 2.24) is 0 Å². The third kappa shape index (κ3) is 3.66. The Morgan fingerprint density at radius 3 is 2.50 bits per heavy atom. The van der Waals surface area contributed by atoms with E-state index in [9.17, 15) is 9.59 Å². The number of hydrogen-bond donors (Lipinski definition) is 2. The summed E-state index contributed by atoms with van der Waals surface area (Å²) in [6.07, 6.45) is 0.577. The molecule has 0 aromatic carbocycles. The van der Waals surface area contributed by atoms with Gasteiger partial charge in [-0.2, -0.15) is 0 Å². The summed E-state index contributed by atoms with van der Waals surface area (Å²) >= 11 is 1.49. The van der Waals surface area contributed by atoms with Crippen molar-refractivity contribution < 1.29 is 19.8 Å². The van der Waals surface area contributed by atoms with Crippen molar-refractivity contribution in [2.24, 2.45) is 11.8 Å². The molecule has 1 rings (SSSR count). The van der Waals surface area contributed by atoms with Gasteiger partial charge in [0, 0.05) is 4.88 Å². The maximum Gasteiger partial charge on any atom is 0.306 e. The van der Waals surface area contributed by atoms with Gasteiger partial charge in [0.05, 0.1) is 11.8 Å². The van der Waals surface area contributed by atoms with Gasteiger partial charge < -0.3 is 10.2 Å². The second kappa shape index (κ2) is 5.65. The van der Waals surface area contributed by atoms with E-state index < -0.39 is 23.8 Å². The minimum atomic E-state index is -0.947. The Hall–Kier alpha value is -1.36. The normalized spacial score (nSPS) is 14.3. The zero-order valence-electron chi connectivity index (χ0n) is 8.92. The van der Waals surface area contributed by atoms with Crippen LogP contribution in [-0.4, -0.2) is 22.2 Å². The summed E-state index contributed by atoms with van der Waals surface area (Å²) < 4.78 is 0. The molecule has 2 atom stereocenters. The maximum absolute atomic E-state index is 11.0. The van der Waals surface area contributed by atoms with Gasteiger partial charge in [-0.15, -0.1) is 11.3 Å². The lowest BCUT2D eigenvalue weighted by atomic mass is 9.93. The number of hydrogen-bond acceptors (Lipinski definition) is 3. The topological polar surface area (TPSA) is 74.6 Å². The molecular formula is C11H14O4S. The third-order valence-electron chi connectivity index (χ3n) is 2.44. The van der Waals surface area contributed by atoms with Crippen LogP contribution in [0.4, 0.5) is 0 Å². The van der Waals surface area contributed by atoms with E-state index in [0.29, 0.717) is 6.42 Å². The van der Waals surface area contributed by atoms with Gasteiger partial charge in [0.1, 0.15) is 0 Å². The van der Waals surface area contributed by atoms with Gasteiger partial charge in [-0.1, -0.05) is 13.0 Å². The van der Waals surface area contributed by atoms with Crippen LogP contribution in [0.3, 0.4) is 0 Å². The smallest absolute Gasteiger partial charge is 0.306 e. The molecule has 0 saturated heterocycles. The summed E-state index contributed by atoms with van der Waals surface area (Å²) in [4.78, 5) is 22.6. The van der Waals surface area contributed by atoms with Crippen molar-refractivity contribution in [3.8, 4) is 0 Å². The predicted molar refractivity (Wildman–Crippen MR) is 60.6 cm³/mol. The molecule has 0 aliphatic rings. The van der Waals surface area contributed by atoms with Crippen LogP contribution in [0.15, 0.2) is 17.5 Å². The molecule has 2 N–H and O–H groups in total. The first-order valence-corrected chi connectivity index (χ1v) is 5.86. The van der Waals surface area contributed by atoms with Gasteiger partial charge >= 0.3 is 11.9 Å². The molecule has 0 amide bonds. The van der Waals surface area contributed by atoms with Crippen molar-refractivity contribution >= 4 is 23.3 Å². The van der Waals surface area contributed by atoms with Crippen molar-refractivity contribution in [2.45, 2.75) is 19.8 Å². The molecule has 5 heteroatoms. The fraction of sp³-hybridized carbons (Fsp3) is 0.455. The van der Waals surface area contributed by atoms with E-state index >= 15 is 0 Å². The standard InChI is InChI=1S/C11H14O4S/c1-7(10(12)13)5-8(11(14)15)6-9-3-2-4-16-9/h2-4,7-8H,5-6H2,1H3,(H,12,13)(H,14,15). The van der Waals surface area contributed by atoms with Crippen LogP contribution in [0.1, 0.15) is 18.2 Å². The van der Waals surface area contributed by atoms with Crippen molar-refractivity contribution in [2.75, 3.05) is 0 Å². The van der Waals surface area contributed by atoms with E-state index in [1.165, 1.54) is 18.3 Å². The van der Waals surface area contributed by atoms with E-state index in [1.54, 1.807) is 0 Å². The van der Waals surface area contributed by atoms with E-state index in [4.69, 9.17) is 10.2 Å². The van der Waals surface area contributed by atoms with E-state index in [2.05, 4.69) is 0 Å². The second-order valence-electron chi connectivity index (χ2n) is 3.79. The molecule has 88 valence electrons. The van der Waals surface area contributed by atoms with E-state index in [0.717, 1.165) is 4.88 Å². The van der Waals surface area contributed by atoms with Crippen molar-refractivity contribution in [3.05, 3.63) is 22.4 Å². The zero-order valence-corrected chi connectivity index (χ0v) is 9.74. The van der Waals surface area contributed by atoms with Crippen molar-refractivity contribution in [1.29, 1.82) is 0 Å². The highest BCUT2D eigenvalue weighted by atomic mass is 32.1. The Kier molecular flexibility index (Phi) is 4.49. The van der Waals surface area contributed by atoms with Crippen LogP contribution in [0.25, 0.3) is 0 Å². The minimum Gasteiger partial charge on any atom is -0.481 e. The summed E-state index contributed by atoms with van der Waals surface area (Å²) in [6, 6.07) is 3.73. The van der Waals surface area contributed by atoms with Crippen LogP contribution in [-0.2, 0) is 16.0 Å². The molecule has 0 aliphatic carbocycles. The van der Waals surface area contributed by atoms with Gasteiger partial charge in [-0.05, 0) is 24.3 Å². The van der Waals surface area contributed by atoms with Gasteiger partial charge in [-0.3, -0.25) is 9.59 Å². The molecule has 0 aliphatic heterocycles. The Labute approximate surface area is 97.5 Å². The Morgan fingerprint density at radius 2 is 2.06 bits per heavy atom. The summed E-state index contributed by atoms with van der Waals surface area (Å²) in [6.45, 7) is 1.53. The number of carbonyl (C=O) groups is 2. The minimum absolute atomic E-state index is 0.169. The molecule has 1 aromatic rings. The lowest BCUT2D eigenvalue weighted by Gasteiger charge is -2.13. The number of thiophene rings is 1. The molecule has 0 fully saturated rings. The molecule has 2 unspecified atom stereocenters. The Balaban J connectivity index is 2.61. The van der Waals surface area contributed by atoms with Gasteiger partial charge in [-0.25, -0.2) is 0 Å². The van der Waals surface area contributed by atoms with Gasteiger partial charge in [0.15, 0.2) is 0 Å². The molecule has 0 saturated carbocycles. The van der Waals surface area contributed by atoms with Gasteiger partial charge in [0.25, 0.3) is 0 Å². The van der Waals surface area contributed by atoms with Crippen molar-refractivity contribution in [3.63, 3.8) is 0 Å². The molecule has 0 bridgehead atoms. The lowest BCUT2D eigenvalue weighted by Crippen LogP contribution is -2.22. The first-order valence-electron chi connectivity index (χ1n) is 4.98. The molecular weight excluding hydrogens is 228 g/mol. The van der Waals surface area contributed by atoms with Crippen LogP contribution in [0, 0.1) is 11.8 Å². The van der Waals surface area contributed by atoms with Crippen LogP contribution >= 0.6 is 11.3 Å². The summed E-state index contributed by atoms with van der Waals surface area (Å²) in [5.41, 5.74) is 0. The average Bonchev–Trinajstić information content (AvgIpc) is 2.68. The predicted octanol–water partition coefficient (Wildman–Crippen LogP) is 2.10. The highest BCUT2D eigenvalue weighted by Gasteiger charge is 2.24. The average molecular weight is 242 g/mol. The first-order chi connectivity index (χ1) is 7.50. The number of carboxylic acids is 2. The zero-order chi connectivity index (χ0) is 12.1. The SMILES string of the molecule is CC(CC(Cc1cccs1)C(=O)O)C(=O)O. The summed E-state index contributed by atoms with van der Waals surface area (Å²) in [5.74, 6) is -3.12.